The number of rotatable bonds is 6. The molecule has 2 aromatic heterocycles. The molecule has 1 aliphatic rings. The van der Waals surface area contributed by atoms with Crippen molar-refractivity contribution in [3.05, 3.63) is 59.4 Å². The topological polar surface area (TPSA) is 105 Å². The van der Waals surface area contributed by atoms with Crippen LogP contribution in [0, 0.1) is 0 Å². The van der Waals surface area contributed by atoms with Gasteiger partial charge >= 0.3 is 0 Å². The van der Waals surface area contributed by atoms with E-state index in [4.69, 9.17) is 0 Å². The Kier molecular flexibility index (Phi) is 6.16. The van der Waals surface area contributed by atoms with Crippen molar-refractivity contribution in [2.45, 2.75) is 30.7 Å². The second-order valence-corrected chi connectivity index (χ2v) is 9.70. The quantitative estimate of drug-likeness (QED) is 0.628. The molecule has 1 N–H and O–H groups in total. The molecule has 156 valence electrons. The Morgan fingerprint density at radius 1 is 1.10 bits per heavy atom. The highest BCUT2D eigenvalue weighted by Crippen LogP contribution is 2.22. The maximum absolute atomic E-state index is 12.9. The molecule has 1 aliphatic heterocycles. The number of amides is 1. The molecule has 0 aliphatic carbocycles. The zero-order chi connectivity index (χ0) is 21.0. The average Bonchev–Trinajstić information content (AvgIpc) is 3.29. The number of carbonyl (C=O) groups is 1. The van der Waals surface area contributed by atoms with Crippen LogP contribution < -0.4 is 5.32 Å². The molecule has 0 radical (unpaired) electrons. The van der Waals surface area contributed by atoms with E-state index in [1.807, 2.05) is 0 Å². The number of nitrogens with zero attached hydrogens (tertiary/aromatic N) is 4. The molecule has 3 heterocycles. The van der Waals surface area contributed by atoms with Crippen LogP contribution in [0.2, 0.25) is 0 Å². The molecule has 0 spiro atoms. The third kappa shape index (κ3) is 4.55. The number of aromatic nitrogens is 3. The number of nitrogens with one attached hydrogen (secondary N) is 1. The Morgan fingerprint density at radius 3 is 2.63 bits per heavy atom. The number of thiazole rings is 1. The van der Waals surface area contributed by atoms with Gasteiger partial charge in [0.25, 0.3) is 5.91 Å². The Hall–Kier alpha value is -2.69. The summed E-state index contributed by atoms with van der Waals surface area (Å²) in [4.78, 5) is 25.3. The number of piperidine rings is 1. The Morgan fingerprint density at radius 2 is 1.87 bits per heavy atom. The van der Waals surface area contributed by atoms with Crippen LogP contribution in [0.5, 0.6) is 0 Å². The number of carbonyl (C=O) groups excluding carboxylic acids is 1. The first-order chi connectivity index (χ1) is 14.5. The third-order valence-corrected chi connectivity index (χ3v) is 7.53. The van der Waals surface area contributed by atoms with Gasteiger partial charge in [-0.1, -0.05) is 18.6 Å². The minimum absolute atomic E-state index is 0.205. The van der Waals surface area contributed by atoms with E-state index in [1.54, 1.807) is 48.1 Å². The zero-order valence-corrected chi connectivity index (χ0v) is 17.8. The number of sulfonamides is 1. The number of benzene rings is 1. The summed E-state index contributed by atoms with van der Waals surface area (Å²) < 4.78 is 27.2. The van der Waals surface area contributed by atoms with E-state index >= 15 is 0 Å². The van der Waals surface area contributed by atoms with Crippen LogP contribution in [0.15, 0.2) is 53.0 Å². The normalized spacial score (nSPS) is 15.1. The summed E-state index contributed by atoms with van der Waals surface area (Å²) >= 11 is 1.29. The van der Waals surface area contributed by atoms with Gasteiger partial charge in [0.15, 0.2) is 10.8 Å². The Labute approximate surface area is 179 Å². The predicted octanol–water partition coefficient (Wildman–Crippen LogP) is 2.70. The highest BCUT2D eigenvalue weighted by atomic mass is 32.2. The van der Waals surface area contributed by atoms with Crippen LogP contribution >= 0.6 is 11.3 Å². The van der Waals surface area contributed by atoms with Gasteiger partial charge in [-0.15, -0.1) is 11.3 Å². The maximum atomic E-state index is 12.9. The molecule has 3 aromatic rings. The van der Waals surface area contributed by atoms with E-state index in [9.17, 15) is 13.2 Å². The molecule has 8 nitrogen and oxygen atoms in total. The monoisotopic (exact) mass is 443 g/mol. The van der Waals surface area contributed by atoms with Crippen molar-refractivity contribution in [2.75, 3.05) is 13.1 Å². The van der Waals surface area contributed by atoms with Gasteiger partial charge in [-0.25, -0.2) is 23.4 Å². The first-order valence-corrected chi connectivity index (χ1v) is 12.0. The van der Waals surface area contributed by atoms with Crippen LogP contribution in [-0.2, 0) is 16.6 Å². The van der Waals surface area contributed by atoms with Gasteiger partial charge < -0.3 is 5.32 Å². The van der Waals surface area contributed by atoms with Crippen molar-refractivity contribution >= 4 is 27.3 Å². The van der Waals surface area contributed by atoms with Crippen molar-refractivity contribution < 1.29 is 13.2 Å². The van der Waals surface area contributed by atoms with Crippen molar-refractivity contribution in [3.8, 4) is 10.8 Å². The van der Waals surface area contributed by atoms with Gasteiger partial charge in [0.1, 0.15) is 5.69 Å². The first kappa shape index (κ1) is 20.6. The van der Waals surface area contributed by atoms with Gasteiger partial charge in [-0.2, -0.15) is 4.31 Å². The third-order valence-electron chi connectivity index (χ3n) is 4.80. The van der Waals surface area contributed by atoms with Gasteiger partial charge in [-0.05, 0) is 36.6 Å². The van der Waals surface area contributed by atoms with Gasteiger partial charge in [-0.3, -0.25) is 4.79 Å². The molecule has 30 heavy (non-hydrogen) atoms. The first-order valence-electron chi connectivity index (χ1n) is 9.64. The smallest absolute Gasteiger partial charge is 0.271 e. The molecule has 1 amide bonds. The van der Waals surface area contributed by atoms with Gasteiger partial charge in [0, 0.05) is 37.4 Å². The lowest BCUT2D eigenvalue weighted by Crippen LogP contribution is -2.35. The maximum Gasteiger partial charge on any atom is 0.271 e. The lowest BCUT2D eigenvalue weighted by molar-refractivity contribution is 0.0946. The molecule has 4 rings (SSSR count). The van der Waals surface area contributed by atoms with Crippen LogP contribution in [0.3, 0.4) is 0 Å². The van der Waals surface area contributed by atoms with Crippen LogP contribution in [0.1, 0.15) is 35.3 Å². The van der Waals surface area contributed by atoms with E-state index < -0.39 is 10.0 Å². The van der Waals surface area contributed by atoms with E-state index in [0.717, 1.165) is 19.3 Å². The molecular formula is C20H21N5O3S2. The summed E-state index contributed by atoms with van der Waals surface area (Å²) in [6.07, 6.45) is 6.08. The standard InChI is InChI=1S/C20H21N5O3S2/c26-19(17-14-29-20(24-17)18-21-8-5-9-22-18)23-13-15-6-4-7-16(12-15)30(27,28)25-10-2-1-3-11-25/h4-9,12,14H,1-3,10-11,13H2,(H,23,26). The fourth-order valence-corrected chi connectivity index (χ4v) is 5.57. The van der Waals surface area contributed by atoms with E-state index in [0.29, 0.717) is 29.5 Å². The van der Waals surface area contributed by atoms with Gasteiger partial charge in [0.05, 0.1) is 4.90 Å². The highest BCUT2D eigenvalue weighted by molar-refractivity contribution is 7.89. The Bertz CT molecular complexity index is 1130. The second-order valence-electron chi connectivity index (χ2n) is 6.91. The minimum Gasteiger partial charge on any atom is -0.347 e. The summed E-state index contributed by atoms with van der Waals surface area (Å²) in [5.74, 6) is 0.134. The molecule has 0 atom stereocenters. The SMILES string of the molecule is O=C(NCc1cccc(S(=O)(=O)N2CCCCC2)c1)c1csc(-c2ncccn2)n1. The second kappa shape index (κ2) is 8.99. The van der Waals surface area contributed by atoms with E-state index in [2.05, 4.69) is 20.3 Å². The van der Waals surface area contributed by atoms with E-state index in [1.165, 1.54) is 15.6 Å². The minimum atomic E-state index is -3.51. The molecule has 0 unspecified atom stereocenters. The fourth-order valence-electron chi connectivity index (χ4n) is 3.23. The molecule has 1 fully saturated rings. The fraction of sp³-hybridized carbons (Fsp3) is 0.300. The zero-order valence-electron chi connectivity index (χ0n) is 16.2. The largest absolute Gasteiger partial charge is 0.347 e. The summed E-state index contributed by atoms with van der Waals surface area (Å²) in [7, 11) is -3.51. The van der Waals surface area contributed by atoms with Crippen LogP contribution in [-0.4, -0.2) is 46.7 Å². The van der Waals surface area contributed by atoms with Crippen LogP contribution in [0.4, 0.5) is 0 Å². The lowest BCUT2D eigenvalue weighted by Gasteiger charge is -2.26. The molecule has 0 saturated carbocycles. The van der Waals surface area contributed by atoms with Crippen molar-refractivity contribution in [1.29, 1.82) is 0 Å². The molecule has 0 bridgehead atoms. The Balaban J connectivity index is 1.42. The summed E-state index contributed by atoms with van der Waals surface area (Å²) in [5.41, 5.74) is 0.989. The van der Waals surface area contributed by atoms with Crippen molar-refractivity contribution in [3.63, 3.8) is 0 Å². The molecule has 1 saturated heterocycles. The van der Waals surface area contributed by atoms with Crippen molar-refractivity contribution in [2.24, 2.45) is 0 Å². The highest BCUT2D eigenvalue weighted by Gasteiger charge is 2.26. The molecule has 1 aromatic carbocycles. The molecule has 10 heteroatoms. The summed E-state index contributed by atoms with van der Waals surface area (Å²) in [6, 6.07) is 8.42. The molecular weight excluding hydrogens is 422 g/mol. The average molecular weight is 444 g/mol. The van der Waals surface area contributed by atoms with Crippen molar-refractivity contribution in [1.82, 2.24) is 24.6 Å². The summed E-state index contributed by atoms with van der Waals surface area (Å²) in [6.45, 7) is 1.32. The van der Waals surface area contributed by atoms with E-state index in [-0.39, 0.29) is 23.0 Å². The number of hydrogen-bond donors (Lipinski definition) is 1. The summed E-state index contributed by atoms with van der Waals surface area (Å²) in [5, 5.41) is 5.01. The predicted molar refractivity (Wildman–Crippen MR) is 113 cm³/mol. The van der Waals surface area contributed by atoms with Crippen LogP contribution in [0.25, 0.3) is 10.8 Å². The van der Waals surface area contributed by atoms with Gasteiger partial charge in [0.2, 0.25) is 10.0 Å². The lowest BCUT2D eigenvalue weighted by atomic mass is 10.2. The number of hydrogen-bond acceptors (Lipinski definition) is 7.